The van der Waals surface area contributed by atoms with Gasteiger partial charge in [0.05, 0.1) is 19.3 Å². The van der Waals surface area contributed by atoms with Gasteiger partial charge in [0.2, 0.25) is 0 Å². The molecule has 0 aromatic heterocycles. The zero-order chi connectivity index (χ0) is 18.2. The van der Waals surface area contributed by atoms with Crippen molar-refractivity contribution in [3.63, 3.8) is 0 Å². The summed E-state index contributed by atoms with van der Waals surface area (Å²) >= 11 is 0. The Balaban J connectivity index is 2.38. The third-order valence-electron chi connectivity index (χ3n) is 4.98. The van der Waals surface area contributed by atoms with Crippen LogP contribution in [0.5, 0.6) is 5.75 Å². The SMILES string of the molecule is CCN(c1cc(OCCOC)cc(C(=O)OC)c1C)C1CCCCC1. The van der Waals surface area contributed by atoms with E-state index in [1.165, 1.54) is 39.2 Å². The molecule has 0 radical (unpaired) electrons. The number of nitrogens with zero attached hydrogens (tertiary/aromatic N) is 1. The van der Waals surface area contributed by atoms with Gasteiger partial charge in [-0.05, 0) is 38.3 Å². The van der Waals surface area contributed by atoms with Crippen molar-refractivity contribution in [1.29, 1.82) is 0 Å². The standard InChI is InChI=1S/C20H31NO4/c1-5-21(16-9-7-6-8-10-16)19-14-17(25-12-11-23-3)13-18(15(19)2)20(22)24-4/h13-14,16H,5-12H2,1-4H3. The molecule has 1 aliphatic carbocycles. The maximum absolute atomic E-state index is 12.2. The normalized spacial score (nSPS) is 15.0. The third kappa shape index (κ3) is 4.88. The van der Waals surface area contributed by atoms with Gasteiger partial charge in [-0.1, -0.05) is 19.3 Å². The van der Waals surface area contributed by atoms with Gasteiger partial charge in [-0.15, -0.1) is 0 Å². The highest BCUT2D eigenvalue weighted by molar-refractivity contribution is 5.93. The van der Waals surface area contributed by atoms with E-state index < -0.39 is 0 Å². The predicted molar refractivity (Wildman–Crippen MR) is 99.8 cm³/mol. The van der Waals surface area contributed by atoms with E-state index >= 15 is 0 Å². The average Bonchev–Trinajstić information content (AvgIpc) is 2.65. The molecule has 1 aromatic carbocycles. The summed E-state index contributed by atoms with van der Waals surface area (Å²) in [6.45, 7) is 6.04. The van der Waals surface area contributed by atoms with Crippen LogP contribution in [0.15, 0.2) is 12.1 Å². The van der Waals surface area contributed by atoms with Gasteiger partial charge in [0.25, 0.3) is 0 Å². The van der Waals surface area contributed by atoms with Gasteiger partial charge in [-0.2, -0.15) is 0 Å². The van der Waals surface area contributed by atoms with Crippen molar-refractivity contribution >= 4 is 11.7 Å². The third-order valence-corrected chi connectivity index (χ3v) is 4.98. The van der Waals surface area contributed by atoms with Crippen molar-refractivity contribution in [3.8, 4) is 5.75 Å². The number of carbonyl (C=O) groups is 1. The summed E-state index contributed by atoms with van der Waals surface area (Å²) in [4.78, 5) is 14.7. The molecule has 0 N–H and O–H groups in total. The number of hydrogen-bond donors (Lipinski definition) is 0. The Morgan fingerprint density at radius 2 is 1.88 bits per heavy atom. The van der Waals surface area contributed by atoms with Crippen LogP contribution in [0, 0.1) is 6.92 Å². The summed E-state index contributed by atoms with van der Waals surface area (Å²) in [5, 5.41) is 0. The van der Waals surface area contributed by atoms with E-state index in [1.54, 1.807) is 13.2 Å². The van der Waals surface area contributed by atoms with Crippen LogP contribution in [-0.4, -0.2) is 46.0 Å². The zero-order valence-electron chi connectivity index (χ0n) is 16.0. The van der Waals surface area contributed by atoms with Crippen LogP contribution in [0.1, 0.15) is 54.9 Å². The summed E-state index contributed by atoms with van der Waals surface area (Å²) < 4.78 is 15.8. The molecule has 1 aromatic rings. The number of esters is 1. The molecule has 0 aliphatic heterocycles. The average molecular weight is 349 g/mol. The number of rotatable bonds is 8. The lowest BCUT2D eigenvalue weighted by atomic mass is 9.93. The Kier molecular flexibility index (Phi) is 7.56. The summed E-state index contributed by atoms with van der Waals surface area (Å²) in [6, 6.07) is 4.35. The van der Waals surface area contributed by atoms with Crippen molar-refractivity contribution in [2.45, 2.75) is 52.0 Å². The quantitative estimate of drug-likeness (QED) is 0.525. The lowest BCUT2D eigenvalue weighted by Crippen LogP contribution is -2.37. The smallest absolute Gasteiger partial charge is 0.338 e. The Labute approximate surface area is 151 Å². The van der Waals surface area contributed by atoms with Crippen LogP contribution >= 0.6 is 0 Å². The molecule has 0 heterocycles. The minimum Gasteiger partial charge on any atom is -0.491 e. The van der Waals surface area contributed by atoms with Gasteiger partial charge in [0.15, 0.2) is 0 Å². The minimum atomic E-state index is -0.323. The van der Waals surface area contributed by atoms with E-state index in [0.29, 0.717) is 30.6 Å². The molecule has 0 unspecified atom stereocenters. The van der Waals surface area contributed by atoms with Gasteiger partial charge in [-0.25, -0.2) is 4.79 Å². The fraction of sp³-hybridized carbons (Fsp3) is 0.650. The van der Waals surface area contributed by atoms with Crippen LogP contribution in [-0.2, 0) is 9.47 Å². The molecule has 1 fully saturated rings. The molecule has 140 valence electrons. The number of anilines is 1. The van der Waals surface area contributed by atoms with E-state index in [2.05, 4.69) is 17.9 Å². The van der Waals surface area contributed by atoms with Gasteiger partial charge < -0.3 is 19.1 Å². The van der Waals surface area contributed by atoms with E-state index in [0.717, 1.165) is 17.8 Å². The monoisotopic (exact) mass is 349 g/mol. The maximum atomic E-state index is 12.2. The van der Waals surface area contributed by atoms with Crippen LogP contribution in [0.3, 0.4) is 0 Å². The molecule has 2 rings (SSSR count). The van der Waals surface area contributed by atoms with Crippen molar-refractivity contribution in [1.82, 2.24) is 0 Å². The molecule has 0 bridgehead atoms. The second-order valence-electron chi connectivity index (χ2n) is 6.53. The number of ether oxygens (including phenoxy) is 3. The molecule has 0 atom stereocenters. The minimum absolute atomic E-state index is 0.323. The van der Waals surface area contributed by atoms with Gasteiger partial charge >= 0.3 is 5.97 Å². The zero-order valence-corrected chi connectivity index (χ0v) is 16.0. The second-order valence-corrected chi connectivity index (χ2v) is 6.53. The highest BCUT2D eigenvalue weighted by Gasteiger charge is 2.24. The Morgan fingerprint density at radius 3 is 2.48 bits per heavy atom. The molecule has 0 saturated heterocycles. The summed E-state index contributed by atoms with van der Waals surface area (Å²) in [7, 11) is 3.06. The molecule has 5 nitrogen and oxygen atoms in total. The number of methoxy groups -OCH3 is 2. The topological polar surface area (TPSA) is 48.0 Å². The molecular formula is C20H31NO4. The number of benzene rings is 1. The molecule has 1 saturated carbocycles. The van der Waals surface area contributed by atoms with E-state index in [4.69, 9.17) is 14.2 Å². The van der Waals surface area contributed by atoms with E-state index in [9.17, 15) is 4.79 Å². The number of carbonyl (C=O) groups excluding carboxylic acids is 1. The van der Waals surface area contributed by atoms with Crippen molar-refractivity contribution in [2.75, 3.05) is 38.9 Å². The Morgan fingerprint density at radius 1 is 1.16 bits per heavy atom. The Hall–Kier alpha value is -1.75. The Bertz CT molecular complexity index is 567. The lowest BCUT2D eigenvalue weighted by Gasteiger charge is -2.36. The van der Waals surface area contributed by atoms with E-state index in [1.807, 2.05) is 6.92 Å². The molecule has 0 spiro atoms. The fourth-order valence-corrected chi connectivity index (χ4v) is 3.64. The van der Waals surface area contributed by atoms with Crippen molar-refractivity contribution in [3.05, 3.63) is 23.3 Å². The van der Waals surface area contributed by atoms with Crippen LogP contribution in [0.2, 0.25) is 0 Å². The molecule has 1 aliphatic rings. The number of hydrogen-bond acceptors (Lipinski definition) is 5. The van der Waals surface area contributed by atoms with Gasteiger partial charge in [0, 0.05) is 31.5 Å². The highest BCUT2D eigenvalue weighted by atomic mass is 16.5. The molecule has 5 heteroatoms. The van der Waals surface area contributed by atoms with Gasteiger partial charge in [0.1, 0.15) is 12.4 Å². The first-order chi connectivity index (χ1) is 12.1. The first kappa shape index (κ1) is 19.6. The van der Waals surface area contributed by atoms with E-state index in [-0.39, 0.29) is 5.97 Å². The largest absolute Gasteiger partial charge is 0.491 e. The second kappa shape index (κ2) is 9.66. The fourth-order valence-electron chi connectivity index (χ4n) is 3.64. The molecule has 25 heavy (non-hydrogen) atoms. The van der Waals surface area contributed by atoms with Gasteiger partial charge in [-0.3, -0.25) is 0 Å². The first-order valence-corrected chi connectivity index (χ1v) is 9.23. The highest BCUT2D eigenvalue weighted by Crippen LogP contribution is 2.34. The van der Waals surface area contributed by atoms with Crippen molar-refractivity contribution < 1.29 is 19.0 Å². The summed E-state index contributed by atoms with van der Waals surface area (Å²) in [5.74, 6) is 0.364. The summed E-state index contributed by atoms with van der Waals surface area (Å²) in [6.07, 6.45) is 6.27. The van der Waals surface area contributed by atoms with Crippen LogP contribution in [0.25, 0.3) is 0 Å². The summed E-state index contributed by atoms with van der Waals surface area (Å²) in [5.41, 5.74) is 2.60. The predicted octanol–water partition coefficient (Wildman–Crippen LogP) is 3.97. The molecular weight excluding hydrogens is 318 g/mol. The van der Waals surface area contributed by atoms with Crippen molar-refractivity contribution in [2.24, 2.45) is 0 Å². The first-order valence-electron chi connectivity index (χ1n) is 9.23. The molecule has 0 amide bonds. The van der Waals surface area contributed by atoms with Crippen LogP contribution < -0.4 is 9.64 Å². The lowest BCUT2D eigenvalue weighted by molar-refractivity contribution is 0.0599. The van der Waals surface area contributed by atoms with Crippen LogP contribution in [0.4, 0.5) is 5.69 Å². The maximum Gasteiger partial charge on any atom is 0.338 e.